The second-order valence-corrected chi connectivity index (χ2v) is 7.40. The standard InChI is InChI=1S/C25H29N3O2/c1-19-6-4-5-7-23(19)24(18-25(27-29)21-12-14-26-15-13-21)20-8-10-22(11-9-20)28(2)16-17-30-3/h4-15,24,29H,16-18H2,1-3H3/b27-25+. The summed E-state index contributed by atoms with van der Waals surface area (Å²) in [5, 5.41) is 13.4. The lowest BCUT2D eigenvalue weighted by atomic mass is 9.83. The van der Waals surface area contributed by atoms with E-state index >= 15 is 0 Å². The molecule has 1 N–H and O–H groups in total. The van der Waals surface area contributed by atoms with Gasteiger partial charge in [-0.2, -0.15) is 0 Å². The number of hydrogen-bond donors (Lipinski definition) is 1. The van der Waals surface area contributed by atoms with Crippen molar-refractivity contribution in [2.24, 2.45) is 5.16 Å². The minimum atomic E-state index is 0.0728. The molecule has 30 heavy (non-hydrogen) atoms. The molecule has 156 valence electrons. The molecule has 1 atom stereocenters. The molecule has 3 aromatic rings. The van der Waals surface area contributed by atoms with Crippen LogP contribution < -0.4 is 4.90 Å². The van der Waals surface area contributed by atoms with Gasteiger partial charge in [-0.05, 0) is 47.9 Å². The van der Waals surface area contributed by atoms with Gasteiger partial charge in [-0.1, -0.05) is 41.6 Å². The molecule has 1 unspecified atom stereocenters. The van der Waals surface area contributed by atoms with Crippen molar-refractivity contribution in [2.75, 3.05) is 32.2 Å². The van der Waals surface area contributed by atoms with Gasteiger partial charge >= 0.3 is 0 Å². The van der Waals surface area contributed by atoms with Crippen LogP contribution in [-0.2, 0) is 4.74 Å². The summed E-state index contributed by atoms with van der Waals surface area (Å²) in [4.78, 5) is 6.24. The third-order valence-electron chi connectivity index (χ3n) is 5.46. The number of benzene rings is 2. The smallest absolute Gasteiger partial charge is 0.0878 e. The molecule has 0 bridgehead atoms. The van der Waals surface area contributed by atoms with Crippen LogP contribution in [0.15, 0.2) is 78.2 Å². The molecule has 0 aliphatic heterocycles. The fraction of sp³-hybridized carbons (Fsp3) is 0.280. The van der Waals surface area contributed by atoms with Gasteiger partial charge in [-0.15, -0.1) is 0 Å². The van der Waals surface area contributed by atoms with E-state index < -0.39 is 0 Å². The Labute approximate surface area is 178 Å². The number of aromatic nitrogens is 1. The van der Waals surface area contributed by atoms with Crippen LogP contribution in [0.4, 0.5) is 5.69 Å². The fourth-order valence-corrected chi connectivity index (χ4v) is 3.66. The van der Waals surface area contributed by atoms with E-state index in [2.05, 4.69) is 71.5 Å². The Hall–Kier alpha value is -3.18. The van der Waals surface area contributed by atoms with Gasteiger partial charge in [0.2, 0.25) is 0 Å². The topological polar surface area (TPSA) is 58.0 Å². The van der Waals surface area contributed by atoms with Crippen LogP contribution >= 0.6 is 0 Å². The van der Waals surface area contributed by atoms with E-state index in [4.69, 9.17) is 4.74 Å². The lowest BCUT2D eigenvalue weighted by Gasteiger charge is -2.23. The zero-order chi connectivity index (χ0) is 21.3. The first-order valence-electron chi connectivity index (χ1n) is 10.1. The van der Waals surface area contributed by atoms with Crippen LogP contribution in [0.2, 0.25) is 0 Å². The highest BCUT2D eigenvalue weighted by molar-refractivity contribution is 6.00. The number of aryl methyl sites for hydroxylation is 1. The first-order valence-corrected chi connectivity index (χ1v) is 10.1. The lowest BCUT2D eigenvalue weighted by molar-refractivity contribution is 0.206. The molecule has 0 radical (unpaired) electrons. The molecule has 0 spiro atoms. The van der Waals surface area contributed by atoms with E-state index in [9.17, 15) is 5.21 Å². The minimum Gasteiger partial charge on any atom is -0.411 e. The van der Waals surface area contributed by atoms with Crippen molar-refractivity contribution in [1.29, 1.82) is 0 Å². The fourth-order valence-electron chi connectivity index (χ4n) is 3.66. The van der Waals surface area contributed by atoms with Crippen LogP contribution in [0.5, 0.6) is 0 Å². The summed E-state index contributed by atoms with van der Waals surface area (Å²) in [6, 6.07) is 20.7. The molecule has 1 heterocycles. The maximum absolute atomic E-state index is 9.74. The Morgan fingerprint density at radius 3 is 2.40 bits per heavy atom. The van der Waals surface area contributed by atoms with Crippen molar-refractivity contribution >= 4 is 11.4 Å². The Morgan fingerprint density at radius 2 is 1.77 bits per heavy atom. The molecule has 0 amide bonds. The molecule has 0 saturated heterocycles. The average molecular weight is 404 g/mol. The van der Waals surface area contributed by atoms with Gasteiger partial charge in [-0.3, -0.25) is 4.98 Å². The summed E-state index contributed by atoms with van der Waals surface area (Å²) in [7, 11) is 3.78. The van der Waals surface area contributed by atoms with Gasteiger partial charge < -0.3 is 14.8 Å². The molecular weight excluding hydrogens is 374 g/mol. The van der Waals surface area contributed by atoms with Crippen LogP contribution in [0.25, 0.3) is 0 Å². The van der Waals surface area contributed by atoms with E-state index in [-0.39, 0.29) is 5.92 Å². The monoisotopic (exact) mass is 403 g/mol. The van der Waals surface area contributed by atoms with Crippen molar-refractivity contribution in [2.45, 2.75) is 19.3 Å². The Morgan fingerprint density at radius 1 is 1.07 bits per heavy atom. The summed E-state index contributed by atoms with van der Waals surface area (Å²) in [5.74, 6) is 0.0728. The highest BCUT2D eigenvalue weighted by Gasteiger charge is 2.20. The predicted molar refractivity (Wildman–Crippen MR) is 122 cm³/mol. The molecule has 0 aliphatic carbocycles. The Balaban J connectivity index is 1.93. The van der Waals surface area contributed by atoms with E-state index in [0.29, 0.717) is 18.7 Å². The third-order valence-corrected chi connectivity index (χ3v) is 5.46. The molecule has 0 fully saturated rings. The first-order chi connectivity index (χ1) is 14.6. The summed E-state index contributed by atoms with van der Waals surface area (Å²) >= 11 is 0. The van der Waals surface area contributed by atoms with Crippen molar-refractivity contribution in [3.63, 3.8) is 0 Å². The number of rotatable bonds is 9. The second-order valence-electron chi connectivity index (χ2n) is 7.40. The zero-order valence-corrected chi connectivity index (χ0v) is 17.8. The molecule has 1 aromatic heterocycles. The van der Waals surface area contributed by atoms with E-state index in [1.54, 1.807) is 19.5 Å². The normalized spacial score (nSPS) is 12.6. The highest BCUT2D eigenvalue weighted by atomic mass is 16.5. The quantitative estimate of drug-likeness (QED) is 0.314. The van der Waals surface area contributed by atoms with Crippen molar-refractivity contribution < 1.29 is 9.94 Å². The van der Waals surface area contributed by atoms with E-state index in [1.165, 1.54) is 16.7 Å². The third kappa shape index (κ3) is 5.24. The van der Waals surface area contributed by atoms with Crippen molar-refractivity contribution in [3.05, 3.63) is 95.3 Å². The summed E-state index contributed by atoms with van der Waals surface area (Å²) in [6.45, 7) is 3.64. The Kier molecular flexibility index (Phi) is 7.57. The van der Waals surface area contributed by atoms with Crippen LogP contribution in [0.1, 0.15) is 34.6 Å². The minimum absolute atomic E-state index is 0.0728. The molecule has 0 aliphatic rings. The van der Waals surface area contributed by atoms with Gasteiger partial charge in [0.05, 0.1) is 12.3 Å². The van der Waals surface area contributed by atoms with E-state index in [1.807, 2.05) is 18.2 Å². The second kappa shape index (κ2) is 10.6. The van der Waals surface area contributed by atoms with Gasteiger partial charge in [0.15, 0.2) is 0 Å². The number of likely N-dealkylation sites (N-methyl/N-ethyl adjacent to an activating group) is 1. The summed E-state index contributed by atoms with van der Waals surface area (Å²) in [6.07, 6.45) is 4.02. The maximum atomic E-state index is 9.74. The predicted octanol–water partition coefficient (Wildman–Crippen LogP) is 4.87. The number of ether oxygens (including phenoxy) is 1. The number of hydrogen-bond acceptors (Lipinski definition) is 5. The first kappa shape index (κ1) is 21.5. The number of oxime groups is 1. The van der Waals surface area contributed by atoms with Crippen LogP contribution in [-0.4, -0.2) is 43.2 Å². The molecule has 5 nitrogen and oxygen atoms in total. The zero-order valence-electron chi connectivity index (χ0n) is 17.8. The van der Waals surface area contributed by atoms with Crippen LogP contribution in [0.3, 0.4) is 0 Å². The molecular formula is C25H29N3O2. The molecule has 3 rings (SSSR count). The molecule has 5 heteroatoms. The summed E-state index contributed by atoms with van der Waals surface area (Å²) < 4.78 is 5.18. The van der Waals surface area contributed by atoms with Gasteiger partial charge in [0, 0.05) is 56.7 Å². The Bertz CT molecular complexity index is 956. The largest absolute Gasteiger partial charge is 0.411 e. The van der Waals surface area contributed by atoms with Crippen LogP contribution in [0, 0.1) is 6.92 Å². The van der Waals surface area contributed by atoms with Gasteiger partial charge in [-0.25, -0.2) is 0 Å². The SMILES string of the molecule is COCCN(C)c1ccc(C(C/C(=N\O)c2ccncc2)c2ccccc2C)cc1. The number of nitrogens with zero attached hydrogens (tertiary/aromatic N) is 3. The van der Waals surface area contributed by atoms with Gasteiger partial charge in [0.25, 0.3) is 0 Å². The maximum Gasteiger partial charge on any atom is 0.0878 e. The number of anilines is 1. The van der Waals surface area contributed by atoms with Gasteiger partial charge in [0.1, 0.15) is 0 Å². The average Bonchev–Trinajstić information content (AvgIpc) is 2.80. The van der Waals surface area contributed by atoms with Crippen molar-refractivity contribution in [3.8, 4) is 0 Å². The number of methoxy groups -OCH3 is 1. The van der Waals surface area contributed by atoms with Crippen molar-refractivity contribution in [1.82, 2.24) is 4.98 Å². The summed E-state index contributed by atoms with van der Waals surface area (Å²) in [5.41, 5.74) is 6.30. The number of pyridine rings is 1. The molecule has 2 aromatic carbocycles. The van der Waals surface area contributed by atoms with E-state index in [0.717, 1.165) is 17.8 Å². The highest BCUT2D eigenvalue weighted by Crippen LogP contribution is 2.32. The molecule has 0 saturated carbocycles. The lowest BCUT2D eigenvalue weighted by Crippen LogP contribution is -2.22.